The Balaban J connectivity index is 1.69. The second kappa shape index (κ2) is 5.13. The van der Waals surface area contributed by atoms with Gasteiger partial charge in [0.2, 0.25) is 5.65 Å². The molecule has 0 aromatic carbocycles. The van der Waals surface area contributed by atoms with E-state index in [1.54, 1.807) is 6.20 Å². The molecule has 1 saturated heterocycles. The van der Waals surface area contributed by atoms with Gasteiger partial charge in [-0.3, -0.25) is 4.40 Å². The van der Waals surface area contributed by atoms with Gasteiger partial charge in [0, 0.05) is 25.5 Å². The van der Waals surface area contributed by atoms with Crippen LogP contribution in [0.25, 0.3) is 5.65 Å². The van der Waals surface area contributed by atoms with Crippen LogP contribution in [0.3, 0.4) is 0 Å². The minimum Gasteiger partial charge on any atom is -0.367 e. The Kier molecular flexibility index (Phi) is 3.33. The first kappa shape index (κ1) is 12.3. The van der Waals surface area contributed by atoms with Crippen molar-refractivity contribution in [2.45, 2.75) is 20.3 Å². The van der Waals surface area contributed by atoms with E-state index in [2.05, 4.69) is 32.3 Å². The van der Waals surface area contributed by atoms with Crippen molar-refractivity contribution in [3.05, 3.63) is 18.2 Å². The summed E-state index contributed by atoms with van der Waals surface area (Å²) in [6, 6.07) is 0. The van der Waals surface area contributed by atoms with Crippen molar-refractivity contribution < 1.29 is 0 Å². The lowest BCUT2D eigenvalue weighted by Gasteiger charge is -2.14. The first-order valence-electron chi connectivity index (χ1n) is 6.90. The molecule has 2 aromatic rings. The van der Waals surface area contributed by atoms with E-state index in [4.69, 9.17) is 0 Å². The van der Waals surface area contributed by atoms with Gasteiger partial charge in [-0.25, -0.2) is 4.98 Å². The van der Waals surface area contributed by atoms with Crippen LogP contribution in [0.4, 0.5) is 5.82 Å². The topological polar surface area (TPSA) is 58.4 Å². The second-order valence-corrected chi connectivity index (χ2v) is 5.15. The van der Waals surface area contributed by atoms with Gasteiger partial charge in [0.05, 0.1) is 0 Å². The lowest BCUT2D eigenvalue weighted by atomic mass is 10.1. The smallest absolute Gasteiger partial charge is 0.203 e. The molecule has 3 heterocycles. The van der Waals surface area contributed by atoms with Crippen LogP contribution in [0.5, 0.6) is 0 Å². The minimum absolute atomic E-state index is 0.700. The number of nitrogens with one attached hydrogen (secondary N) is 1. The van der Waals surface area contributed by atoms with Crippen molar-refractivity contribution in [3.63, 3.8) is 0 Å². The molecule has 1 aliphatic rings. The zero-order valence-electron chi connectivity index (χ0n) is 11.5. The predicted octanol–water partition coefficient (Wildman–Crippen LogP) is 1.19. The Morgan fingerprint density at radius 1 is 1.42 bits per heavy atom. The van der Waals surface area contributed by atoms with Crippen LogP contribution < -0.4 is 5.32 Å². The zero-order chi connectivity index (χ0) is 13.2. The highest BCUT2D eigenvalue weighted by atomic mass is 15.3. The van der Waals surface area contributed by atoms with Crippen molar-refractivity contribution in [1.29, 1.82) is 0 Å². The van der Waals surface area contributed by atoms with Crippen LogP contribution in [-0.4, -0.2) is 50.7 Å². The molecule has 1 N–H and O–H groups in total. The molecule has 1 atom stereocenters. The summed E-state index contributed by atoms with van der Waals surface area (Å²) in [5.74, 6) is 2.42. The molecule has 0 radical (unpaired) electrons. The number of anilines is 1. The molecule has 1 fully saturated rings. The molecular weight excluding hydrogens is 240 g/mol. The van der Waals surface area contributed by atoms with Gasteiger partial charge in [0.1, 0.15) is 5.82 Å². The largest absolute Gasteiger partial charge is 0.367 e. The molecule has 0 bridgehead atoms. The van der Waals surface area contributed by atoms with Crippen molar-refractivity contribution in [2.75, 3.05) is 31.5 Å². The van der Waals surface area contributed by atoms with Gasteiger partial charge in [-0.15, -0.1) is 10.2 Å². The van der Waals surface area contributed by atoms with Gasteiger partial charge in [-0.2, -0.15) is 0 Å². The number of hydrogen-bond acceptors (Lipinski definition) is 5. The van der Waals surface area contributed by atoms with Crippen LogP contribution in [0, 0.1) is 12.8 Å². The maximum Gasteiger partial charge on any atom is 0.203 e. The maximum atomic E-state index is 4.37. The highest BCUT2D eigenvalue weighted by Gasteiger charge is 2.21. The summed E-state index contributed by atoms with van der Waals surface area (Å²) < 4.78 is 1.96. The number of nitrogens with zero attached hydrogens (tertiary/aromatic N) is 5. The van der Waals surface area contributed by atoms with Crippen molar-refractivity contribution in [2.24, 2.45) is 5.92 Å². The van der Waals surface area contributed by atoms with E-state index in [9.17, 15) is 0 Å². The Morgan fingerprint density at radius 3 is 3.11 bits per heavy atom. The van der Waals surface area contributed by atoms with E-state index in [-0.39, 0.29) is 0 Å². The standard InChI is InChI=1S/C13H20N6/c1-3-18-6-4-11(9-18)8-15-12-13-17-16-10(2)19(13)7-5-14-12/h5,7,11H,3-4,6,8-9H2,1-2H3,(H,14,15). The summed E-state index contributed by atoms with van der Waals surface area (Å²) in [6.07, 6.45) is 4.94. The number of aromatic nitrogens is 4. The minimum atomic E-state index is 0.700. The third kappa shape index (κ3) is 2.40. The van der Waals surface area contributed by atoms with E-state index in [0.29, 0.717) is 5.92 Å². The maximum absolute atomic E-state index is 4.37. The van der Waals surface area contributed by atoms with Crippen molar-refractivity contribution in [3.8, 4) is 0 Å². The van der Waals surface area contributed by atoms with Gasteiger partial charge in [0.15, 0.2) is 5.82 Å². The lowest BCUT2D eigenvalue weighted by Crippen LogP contribution is -2.22. The van der Waals surface area contributed by atoms with E-state index in [1.807, 2.05) is 17.5 Å². The summed E-state index contributed by atoms with van der Waals surface area (Å²) in [4.78, 5) is 6.86. The van der Waals surface area contributed by atoms with Gasteiger partial charge in [-0.1, -0.05) is 6.92 Å². The molecule has 19 heavy (non-hydrogen) atoms. The van der Waals surface area contributed by atoms with E-state index in [1.165, 1.54) is 19.5 Å². The molecule has 2 aromatic heterocycles. The van der Waals surface area contributed by atoms with Crippen LogP contribution >= 0.6 is 0 Å². The van der Waals surface area contributed by atoms with Crippen LogP contribution in [-0.2, 0) is 0 Å². The predicted molar refractivity (Wildman–Crippen MR) is 74.2 cm³/mol. The number of fused-ring (bicyclic) bond motifs is 1. The summed E-state index contributed by atoms with van der Waals surface area (Å²) >= 11 is 0. The van der Waals surface area contributed by atoms with Crippen LogP contribution in [0.15, 0.2) is 12.4 Å². The third-order valence-corrected chi connectivity index (χ3v) is 3.87. The monoisotopic (exact) mass is 260 g/mol. The summed E-state index contributed by atoms with van der Waals surface area (Å²) in [7, 11) is 0. The molecule has 0 spiro atoms. The average Bonchev–Trinajstić information content (AvgIpc) is 3.04. The summed E-state index contributed by atoms with van der Waals surface area (Å²) in [5, 5.41) is 11.7. The Bertz CT molecular complexity index is 563. The molecule has 0 aliphatic carbocycles. The normalized spacial score (nSPS) is 20.2. The molecule has 0 amide bonds. The molecule has 1 aliphatic heterocycles. The summed E-state index contributed by atoms with van der Waals surface area (Å²) in [5.41, 5.74) is 0.811. The molecule has 0 saturated carbocycles. The molecule has 1 unspecified atom stereocenters. The fourth-order valence-corrected chi connectivity index (χ4v) is 2.67. The number of likely N-dealkylation sites (tertiary alicyclic amines) is 1. The van der Waals surface area contributed by atoms with Gasteiger partial charge in [0.25, 0.3) is 0 Å². The molecule has 102 valence electrons. The first-order chi connectivity index (χ1) is 9.28. The number of aryl methyl sites for hydroxylation is 1. The van der Waals surface area contributed by atoms with Gasteiger partial charge < -0.3 is 10.2 Å². The lowest BCUT2D eigenvalue weighted by molar-refractivity contribution is 0.345. The van der Waals surface area contributed by atoms with Crippen LogP contribution in [0.1, 0.15) is 19.2 Å². The zero-order valence-corrected chi connectivity index (χ0v) is 11.5. The summed E-state index contributed by atoms with van der Waals surface area (Å²) in [6.45, 7) is 8.66. The molecule has 6 heteroatoms. The third-order valence-electron chi connectivity index (χ3n) is 3.87. The molecule has 6 nitrogen and oxygen atoms in total. The second-order valence-electron chi connectivity index (χ2n) is 5.15. The Hall–Kier alpha value is -1.69. The molecule has 3 rings (SSSR count). The highest BCUT2D eigenvalue weighted by Crippen LogP contribution is 2.18. The quantitative estimate of drug-likeness (QED) is 0.894. The van der Waals surface area contributed by atoms with E-state index in [0.717, 1.165) is 30.4 Å². The number of hydrogen-bond donors (Lipinski definition) is 1. The van der Waals surface area contributed by atoms with Crippen molar-refractivity contribution in [1.82, 2.24) is 24.5 Å². The van der Waals surface area contributed by atoms with Crippen molar-refractivity contribution >= 4 is 11.5 Å². The van der Waals surface area contributed by atoms with E-state index >= 15 is 0 Å². The average molecular weight is 260 g/mol. The Morgan fingerprint density at radius 2 is 2.32 bits per heavy atom. The fourth-order valence-electron chi connectivity index (χ4n) is 2.67. The highest BCUT2D eigenvalue weighted by molar-refractivity contribution is 5.61. The molecular formula is C13H20N6. The Labute approximate surface area is 112 Å². The van der Waals surface area contributed by atoms with Gasteiger partial charge >= 0.3 is 0 Å². The first-order valence-corrected chi connectivity index (χ1v) is 6.90. The van der Waals surface area contributed by atoms with Crippen LogP contribution in [0.2, 0.25) is 0 Å². The van der Waals surface area contributed by atoms with Gasteiger partial charge in [-0.05, 0) is 32.4 Å². The fraction of sp³-hybridized carbons (Fsp3) is 0.615. The van der Waals surface area contributed by atoms with E-state index < -0.39 is 0 Å². The SMILES string of the molecule is CCN1CCC(CNc2nccn3c(C)nnc23)C1. The number of rotatable bonds is 4.